The molecule has 192 valence electrons. The second kappa shape index (κ2) is 9.89. The number of aromatic nitrogens is 1. The van der Waals surface area contributed by atoms with Gasteiger partial charge in [-0.15, -0.1) is 0 Å². The summed E-state index contributed by atoms with van der Waals surface area (Å²) in [5.74, 6) is -2.14. The molecule has 0 bridgehead atoms. The van der Waals surface area contributed by atoms with Crippen LogP contribution in [0.1, 0.15) is 23.2 Å². The van der Waals surface area contributed by atoms with Crippen LogP contribution >= 0.6 is 27.5 Å². The number of hydrogen-bond donors (Lipinski definition) is 1. The van der Waals surface area contributed by atoms with Crippen LogP contribution in [0.4, 0.5) is 4.39 Å². The highest BCUT2D eigenvalue weighted by molar-refractivity contribution is 9.10. The van der Waals surface area contributed by atoms with Crippen LogP contribution < -0.4 is 0 Å². The number of aryl methyl sites for hydroxylation is 1. The predicted octanol–water partition coefficient (Wildman–Crippen LogP) is 6.49. The summed E-state index contributed by atoms with van der Waals surface area (Å²) in [6.07, 6.45) is 0.717. The lowest BCUT2D eigenvalue weighted by Gasteiger charge is -2.37. The van der Waals surface area contributed by atoms with E-state index in [1.807, 2.05) is 36.4 Å². The van der Waals surface area contributed by atoms with Gasteiger partial charge in [0.2, 0.25) is 9.84 Å². The van der Waals surface area contributed by atoms with Crippen molar-refractivity contribution in [3.63, 3.8) is 0 Å². The maximum absolute atomic E-state index is 17.3. The molecule has 0 aliphatic heterocycles. The molecule has 0 fully saturated rings. The predicted molar refractivity (Wildman–Crippen MR) is 147 cm³/mol. The molecule has 2 atom stereocenters. The fraction of sp³-hybridized carbons (Fsp3) is 0.250. The molecule has 3 aromatic carbocycles. The molecule has 2 unspecified atom stereocenters. The molecule has 9 heteroatoms. The Hall–Kier alpha value is -2.68. The number of hydrogen-bond acceptors (Lipinski definition) is 3. The van der Waals surface area contributed by atoms with Crippen LogP contribution in [0, 0.1) is 5.92 Å². The van der Waals surface area contributed by atoms with Gasteiger partial charge >= 0.3 is 0 Å². The third-order valence-corrected chi connectivity index (χ3v) is 10.0. The van der Waals surface area contributed by atoms with Crippen LogP contribution in [0.2, 0.25) is 5.02 Å². The Labute approximate surface area is 228 Å². The summed E-state index contributed by atoms with van der Waals surface area (Å²) in [7, 11) is -3.24. The number of fused-ring (bicyclic) bond motifs is 3. The summed E-state index contributed by atoms with van der Waals surface area (Å²) in [5, 5.41) is -1.62. The van der Waals surface area contributed by atoms with Gasteiger partial charge in [-0.05, 0) is 72.9 Å². The van der Waals surface area contributed by atoms with Gasteiger partial charge in [-0.1, -0.05) is 57.9 Å². The SMILES string of the molecule is CN(Cc1ccc(Br)cc1)C(=O)C(F)(C1CCc2c([nH]c3ccc(Cl)cc23)C1)S(=O)(=O)c1ccccc1. The summed E-state index contributed by atoms with van der Waals surface area (Å²) >= 11 is 9.57. The van der Waals surface area contributed by atoms with E-state index in [4.69, 9.17) is 11.6 Å². The molecular formula is C28H25BrClFN2O3S. The van der Waals surface area contributed by atoms with Crippen molar-refractivity contribution in [3.8, 4) is 0 Å². The van der Waals surface area contributed by atoms with E-state index >= 15 is 4.39 Å². The summed E-state index contributed by atoms with van der Waals surface area (Å²) < 4.78 is 46.0. The Morgan fingerprint density at radius 2 is 1.84 bits per heavy atom. The molecular weight excluding hydrogens is 579 g/mol. The van der Waals surface area contributed by atoms with Crippen molar-refractivity contribution in [2.24, 2.45) is 5.92 Å². The summed E-state index contributed by atoms with van der Waals surface area (Å²) in [4.78, 5) is 18.1. The summed E-state index contributed by atoms with van der Waals surface area (Å²) in [6, 6.07) is 20.1. The minimum absolute atomic E-state index is 0.0744. The second-order valence-corrected chi connectivity index (χ2v) is 12.9. The largest absolute Gasteiger partial charge is 0.358 e. The van der Waals surface area contributed by atoms with Crippen molar-refractivity contribution in [3.05, 3.63) is 99.1 Å². The molecule has 5 rings (SSSR count). The normalized spacial score (nSPS) is 17.2. The molecule has 4 aromatic rings. The second-order valence-electron chi connectivity index (χ2n) is 9.46. The lowest BCUT2D eigenvalue weighted by atomic mass is 9.83. The van der Waals surface area contributed by atoms with Crippen molar-refractivity contribution >= 4 is 54.2 Å². The van der Waals surface area contributed by atoms with Crippen LogP contribution in [0.3, 0.4) is 0 Å². The molecule has 0 radical (unpaired) electrons. The molecule has 5 nitrogen and oxygen atoms in total. The zero-order chi connectivity index (χ0) is 26.4. The fourth-order valence-corrected chi connectivity index (χ4v) is 7.52. The average molecular weight is 604 g/mol. The van der Waals surface area contributed by atoms with E-state index in [-0.39, 0.29) is 24.3 Å². The van der Waals surface area contributed by atoms with Gasteiger partial charge in [0.25, 0.3) is 10.9 Å². The van der Waals surface area contributed by atoms with Gasteiger partial charge < -0.3 is 9.88 Å². The van der Waals surface area contributed by atoms with E-state index in [0.717, 1.165) is 32.2 Å². The number of alkyl halides is 1. The molecule has 0 saturated heterocycles. The number of carbonyl (C=O) groups is 1. The molecule has 1 aromatic heterocycles. The molecule has 37 heavy (non-hydrogen) atoms. The Morgan fingerprint density at radius 1 is 1.14 bits per heavy atom. The monoisotopic (exact) mass is 602 g/mol. The number of carbonyl (C=O) groups excluding carboxylic acids is 1. The maximum Gasteiger partial charge on any atom is 0.295 e. The Kier molecular flexibility index (Phi) is 6.94. The topological polar surface area (TPSA) is 70.2 Å². The number of halogens is 3. The number of nitrogens with one attached hydrogen (secondary N) is 1. The molecule has 0 saturated carbocycles. The zero-order valence-corrected chi connectivity index (χ0v) is 23.2. The van der Waals surface area contributed by atoms with Crippen LogP contribution in [0.15, 0.2) is 82.2 Å². The van der Waals surface area contributed by atoms with Crippen LogP contribution in [0.25, 0.3) is 10.9 Å². The molecule has 1 heterocycles. The van der Waals surface area contributed by atoms with Crippen molar-refractivity contribution < 1.29 is 17.6 Å². The first kappa shape index (κ1) is 25.9. The Morgan fingerprint density at radius 3 is 2.54 bits per heavy atom. The van der Waals surface area contributed by atoms with Crippen molar-refractivity contribution in [1.82, 2.24) is 9.88 Å². The van der Waals surface area contributed by atoms with Crippen LogP contribution in [0.5, 0.6) is 0 Å². The number of nitrogens with zero attached hydrogens (tertiary/aromatic N) is 1. The maximum atomic E-state index is 17.3. The first-order valence-electron chi connectivity index (χ1n) is 11.9. The van der Waals surface area contributed by atoms with E-state index in [1.165, 1.54) is 36.2 Å². The number of aromatic amines is 1. The van der Waals surface area contributed by atoms with Crippen LogP contribution in [-0.4, -0.2) is 36.3 Å². The first-order valence-corrected chi connectivity index (χ1v) is 14.5. The number of benzene rings is 3. The average Bonchev–Trinajstić information content (AvgIpc) is 3.26. The summed E-state index contributed by atoms with van der Waals surface area (Å²) in [6.45, 7) is 0.0744. The third kappa shape index (κ3) is 4.60. The van der Waals surface area contributed by atoms with Gasteiger partial charge in [0.1, 0.15) is 0 Å². The van der Waals surface area contributed by atoms with Gasteiger partial charge in [-0.3, -0.25) is 4.79 Å². The highest BCUT2D eigenvalue weighted by Gasteiger charge is 2.59. The smallest absolute Gasteiger partial charge is 0.295 e. The number of amides is 1. The Bertz CT molecular complexity index is 1570. The van der Waals surface area contributed by atoms with E-state index in [9.17, 15) is 13.2 Å². The van der Waals surface area contributed by atoms with Gasteiger partial charge in [0.05, 0.1) is 4.90 Å². The van der Waals surface area contributed by atoms with Gasteiger partial charge in [-0.2, -0.15) is 0 Å². The van der Waals surface area contributed by atoms with Crippen molar-refractivity contribution in [1.29, 1.82) is 0 Å². The van der Waals surface area contributed by atoms with Gasteiger partial charge in [-0.25, -0.2) is 12.8 Å². The highest BCUT2D eigenvalue weighted by atomic mass is 79.9. The number of rotatable bonds is 6. The minimum atomic E-state index is -4.68. The highest BCUT2D eigenvalue weighted by Crippen LogP contribution is 2.44. The van der Waals surface area contributed by atoms with Crippen molar-refractivity contribution in [2.75, 3.05) is 7.05 Å². The van der Waals surface area contributed by atoms with Gasteiger partial charge in [0.15, 0.2) is 0 Å². The van der Waals surface area contributed by atoms with E-state index in [1.54, 1.807) is 12.1 Å². The molecule has 1 aliphatic rings. The first-order chi connectivity index (χ1) is 17.6. The third-order valence-electron chi connectivity index (χ3n) is 7.09. The zero-order valence-electron chi connectivity index (χ0n) is 20.0. The molecule has 1 N–H and O–H groups in total. The number of sulfone groups is 1. The lowest BCUT2D eigenvalue weighted by Crippen LogP contribution is -2.55. The molecule has 0 spiro atoms. The fourth-order valence-electron chi connectivity index (χ4n) is 5.20. The molecule has 1 amide bonds. The van der Waals surface area contributed by atoms with E-state index < -0.39 is 26.7 Å². The van der Waals surface area contributed by atoms with Crippen LogP contribution in [-0.2, 0) is 34.0 Å². The Balaban J connectivity index is 1.55. The quantitative estimate of drug-likeness (QED) is 0.274. The lowest BCUT2D eigenvalue weighted by molar-refractivity contribution is -0.141. The number of H-pyrrole nitrogens is 1. The van der Waals surface area contributed by atoms with Crippen molar-refractivity contribution in [2.45, 2.75) is 35.7 Å². The minimum Gasteiger partial charge on any atom is -0.358 e. The standard InChI is InChI=1S/C28H25BrClFN2O3S/c1-33(17-18-7-10-20(29)11-8-18)27(34)28(31,37(35,36)22-5-3-2-4-6-22)19-9-13-23-24-16-21(30)12-14-25(24)32-26(23)15-19/h2-8,10-12,14,16,19,32H,9,13,15,17H2,1H3. The van der Waals surface area contributed by atoms with E-state index in [0.29, 0.717) is 11.4 Å². The van der Waals surface area contributed by atoms with Gasteiger partial charge in [0, 0.05) is 45.6 Å². The summed E-state index contributed by atoms with van der Waals surface area (Å²) in [5.41, 5.74) is 3.34. The van der Waals surface area contributed by atoms with E-state index in [2.05, 4.69) is 20.9 Å². The molecule has 1 aliphatic carbocycles.